The van der Waals surface area contributed by atoms with E-state index in [9.17, 15) is 4.79 Å². The fourth-order valence-corrected chi connectivity index (χ4v) is 2.92. The first-order valence-corrected chi connectivity index (χ1v) is 7.38. The zero-order valence-corrected chi connectivity index (χ0v) is 12.8. The van der Waals surface area contributed by atoms with Crippen molar-refractivity contribution in [1.82, 2.24) is 0 Å². The number of rotatable bonds is 4. The van der Waals surface area contributed by atoms with Crippen LogP contribution in [0.1, 0.15) is 10.4 Å². The summed E-state index contributed by atoms with van der Waals surface area (Å²) in [6.07, 6.45) is 0. The molecular formula is C17H14ClNOS. The van der Waals surface area contributed by atoms with Gasteiger partial charge in [-0.3, -0.25) is 4.79 Å². The summed E-state index contributed by atoms with van der Waals surface area (Å²) in [5.74, 6) is 0.131. The molecule has 2 aromatic carbocycles. The molecule has 21 heavy (non-hydrogen) atoms. The lowest BCUT2D eigenvalue weighted by Crippen LogP contribution is -3.00. The molecule has 0 bridgehead atoms. The standard InChI is InChI=1S/C17H14NOS.ClH/c19-17(15-9-5-2-6-10-15)11-18-13-20-12-16(18)14-7-3-1-4-8-14;/h1-10,12-13H,11H2;1H/q+1;/p-1. The molecular weight excluding hydrogens is 302 g/mol. The van der Waals surface area contributed by atoms with Gasteiger partial charge in [0.1, 0.15) is 0 Å². The molecule has 4 heteroatoms. The van der Waals surface area contributed by atoms with Gasteiger partial charge in [-0.05, 0) is 12.1 Å². The molecule has 106 valence electrons. The summed E-state index contributed by atoms with van der Waals surface area (Å²) in [5, 5.41) is 2.08. The highest BCUT2D eigenvalue weighted by molar-refractivity contribution is 7.07. The van der Waals surface area contributed by atoms with E-state index in [0.29, 0.717) is 6.54 Å². The fraction of sp³-hybridized carbons (Fsp3) is 0.0588. The molecule has 0 saturated heterocycles. The fourth-order valence-electron chi connectivity index (χ4n) is 2.13. The van der Waals surface area contributed by atoms with Crippen molar-refractivity contribution in [3.8, 4) is 11.3 Å². The quantitative estimate of drug-likeness (QED) is 0.510. The number of carbonyl (C=O) groups excluding carboxylic acids is 1. The van der Waals surface area contributed by atoms with Gasteiger partial charge in [-0.2, -0.15) is 4.57 Å². The first kappa shape index (κ1) is 15.4. The topological polar surface area (TPSA) is 20.9 Å². The number of benzene rings is 2. The predicted molar refractivity (Wildman–Crippen MR) is 80.7 cm³/mol. The minimum absolute atomic E-state index is 0. The van der Waals surface area contributed by atoms with Gasteiger partial charge in [0.05, 0.1) is 5.38 Å². The number of halogens is 1. The summed E-state index contributed by atoms with van der Waals surface area (Å²) in [6.45, 7) is 0.373. The molecule has 0 radical (unpaired) electrons. The summed E-state index contributed by atoms with van der Waals surface area (Å²) >= 11 is 1.61. The Balaban J connectivity index is 0.00000161. The summed E-state index contributed by atoms with van der Waals surface area (Å²) in [5.41, 5.74) is 4.96. The van der Waals surface area contributed by atoms with Crippen molar-refractivity contribution in [1.29, 1.82) is 0 Å². The van der Waals surface area contributed by atoms with Crippen LogP contribution in [-0.4, -0.2) is 5.78 Å². The predicted octanol–water partition coefficient (Wildman–Crippen LogP) is 0.589. The Morgan fingerprint density at radius 2 is 1.57 bits per heavy atom. The molecule has 0 aliphatic rings. The minimum atomic E-state index is 0. The first-order chi connectivity index (χ1) is 9.84. The Morgan fingerprint density at radius 1 is 0.952 bits per heavy atom. The number of thiazole rings is 1. The van der Waals surface area contributed by atoms with Crippen LogP contribution in [0.15, 0.2) is 71.6 Å². The molecule has 0 saturated carbocycles. The highest BCUT2D eigenvalue weighted by Crippen LogP contribution is 2.17. The van der Waals surface area contributed by atoms with Crippen molar-refractivity contribution < 1.29 is 21.8 Å². The Morgan fingerprint density at radius 3 is 2.24 bits per heavy atom. The highest BCUT2D eigenvalue weighted by atomic mass is 35.5. The van der Waals surface area contributed by atoms with Crippen LogP contribution in [-0.2, 0) is 6.54 Å². The molecule has 3 aromatic rings. The van der Waals surface area contributed by atoms with Crippen LogP contribution >= 0.6 is 11.3 Å². The van der Waals surface area contributed by atoms with E-state index in [1.807, 2.05) is 58.6 Å². The number of hydrogen-bond acceptors (Lipinski definition) is 2. The minimum Gasteiger partial charge on any atom is -1.00 e. The molecule has 0 fully saturated rings. The lowest BCUT2D eigenvalue weighted by atomic mass is 10.1. The maximum atomic E-state index is 12.3. The van der Waals surface area contributed by atoms with E-state index >= 15 is 0 Å². The number of carbonyl (C=O) groups is 1. The number of ketones is 1. The second kappa shape index (κ2) is 7.16. The van der Waals surface area contributed by atoms with Gasteiger partial charge in [-0.25, -0.2) is 0 Å². The molecule has 0 spiro atoms. The molecule has 0 aliphatic carbocycles. The van der Waals surface area contributed by atoms with E-state index in [1.54, 1.807) is 11.3 Å². The lowest BCUT2D eigenvalue weighted by Gasteiger charge is -1.99. The van der Waals surface area contributed by atoms with Crippen LogP contribution < -0.4 is 17.0 Å². The van der Waals surface area contributed by atoms with Crippen LogP contribution in [0.2, 0.25) is 0 Å². The maximum absolute atomic E-state index is 12.3. The monoisotopic (exact) mass is 315 g/mol. The van der Waals surface area contributed by atoms with E-state index in [4.69, 9.17) is 0 Å². The Hall–Kier alpha value is -1.97. The second-order valence-corrected chi connectivity index (χ2v) is 5.25. The van der Waals surface area contributed by atoms with Crippen LogP contribution in [0.3, 0.4) is 0 Å². The van der Waals surface area contributed by atoms with E-state index in [2.05, 4.69) is 17.5 Å². The largest absolute Gasteiger partial charge is 1.00 e. The summed E-state index contributed by atoms with van der Waals surface area (Å²) in [6, 6.07) is 19.6. The molecule has 2 nitrogen and oxygen atoms in total. The van der Waals surface area contributed by atoms with Crippen LogP contribution in [0.25, 0.3) is 11.3 Å². The SMILES string of the molecule is O=C(C[n+]1cscc1-c1ccccc1)c1ccccc1.[Cl-]. The highest BCUT2D eigenvalue weighted by Gasteiger charge is 2.18. The second-order valence-electron chi connectivity index (χ2n) is 4.53. The van der Waals surface area contributed by atoms with Crippen LogP contribution in [0.5, 0.6) is 0 Å². The summed E-state index contributed by atoms with van der Waals surface area (Å²) < 4.78 is 2.01. The van der Waals surface area contributed by atoms with Crippen molar-refractivity contribution in [3.05, 3.63) is 77.1 Å². The zero-order valence-electron chi connectivity index (χ0n) is 11.3. The number of nitrogens with zero attached hydrogens (tertiary/aromatic N) is 1. The number of hydrogen-bond donors (Lipinski definition) is 0. The van der Waals surface area contributed by atoms with E-state index in [0.717, 1.165) is 16.8 Å². The van der Waals surface area contributed by atoms with Gasteiger partial charge in [0, 0.05) is 11.1 Å². The molecule has 0 amide bonds. The molecule has 0 N–H and O–H groups in total. The summed E-state index contributed by atoms with van der Waals surface area (Å²) in [4.78, 5) is 12.3. The Labute approximate surface area is 134 Å². The van der Waals surface area contributed by atoms with Gasteiger partial charge in [-0.15, -0.1) is 0 Å². The van der Waals surface area contributed by atoms with Gasteiger partial charge in [-0.1, -0.05) is 59.9 Å². The van der Waals surface area contributed by atoms with Gasteiger partial charge >= 0.3 is 0 Å². The molecule has 3 rings (SSSR count). The van der Waals surface area contributed by atoms with Gasteiger partial charge in [0.15, 0.2) is 0 Å². The smallest absolute Gasteiger partial charge is 0.227 e. The van der Waals surface area contributed by atoms with Gasteiger partial charge < -0.3 is 12.4 Å². The third kappa shape index (κ3) is 3.57. The molecule has 0 atom stereocenters. The van der Waals surface area contributed by atoms with Crippen LogP contribution in [0, 0.1) is 0 Å². The van der Waals surface area contributed by atoms with Crippen LogP contribution in [0.4, 0.5) is 0 Å². The number of Topliss-reactive ketones (excluding diaryl/α,β-unsaturated/α-hetero) is 1. The van der Waals surface area contributed by atoms with Crippen molar-refractivity contribution in [3.63, 3.8) is 0 Å². The Bertz CT molecular complexity index is 710. The van der Waals surface area contributed by atoms with Crippen molar-refractivity contribution >= 4 is 17.1 Å². The van der Waals surface area contributed by atoms with E-state index in [1.165, 1.54) is 0 Å². The zero-order chi connectivity index (χ0) is 13.8. The normalized spacial score (nSPS) is 9.90. The average Bonchev–Trinajstić information content (AvgIpc) is 2.97. The molecule has 0 aliphatic heterocycles. The number of aromatic nitrogens is 1. The lowest BCUT2D eigenvalue weighted by molar-refractivity contribution is -0.667. The Kier molecular flexibility index (Phi) is 5.26. The van der Waals surface area contributed by atoms with Gasteiger partial charge in [0.2, 0.25) is 23.5 Å². The first-order valence-electron chi connectivity index (χ1n) is 6.44. The van der Waals surface area contributed by atoms with Crippen molar-refractivity contribution in [2.24, 2.45) is 0 Å². The molecule has 1 heterocycles. The summed E-state index contributed by atoms with van der Waals surface area (Å²) in [7, 11) is 0. The van der Waals surface area contributed by atoms with Crippen molar-refractivity contribution in [2.75, 3.05) is 0 Å². The van der Waals surface area contributed by atoms with E-state index in [-0.39, 0.29) is 18.2 Å². The average molecular weight is 316 g/mol. The van der Waals surface area contributed by atoms with Crippen molar-refractivity contribution in [2.45, 2.75) is 6.54 Å². The third-order valence-electron chi connectivity index (χ3n) is 3.16. The maximum Gasteiger partial charge on any atom is 0.227 e. The molecule has 0 unspecified atom stereocenters. The molecule has 1 aromatic heterocycles. The van der Waals surface area contributed by atoms with Gasteiger partial charge in [0.25, 0.3) is 0 Å². The van der Waals surface area contributed by atoms with E-state index < -0.39 is 0 Å². The third-order valence-corrected chi connectivity index (χ3v) is 3.89.